The first-order chi connectivity index (χ1) is 20.1. The number of nitrogens with one attached hydrogen (secondary N) is 1. The number of carbonyl (C=O) groups is 2. The second kappa shape index (κ2) is 12.5. The summed E-state index contributed by atoms with van der Waals surface area (Å²) in [5.41, 5.74) is 0.375. The van der Waals surface area contributed by atoms with E-state index in [4.69, 9.17) is 5.11 Å². The van der Waals surface area contributed by atoms with Crippen molar-refractivity contribution in [1.82, 2.24) is 10.3 Å². The molecule has 4 rings (SSSR count). The van der Waals surface area contributed by atoms with Gasteiger partial charge in [0.2, 0.25) is 0 Å². The van der Waals surface area contributed by atoms with Gasteiger partial charge in [0.1, 0.15) is 0 Å². The molecule has 3 aromatic carbocycles. The number of amides is 1. The number of anilines is 2. The number of carbonyl (C=O) groups excluding carboxylic acids is 1. The van der Waals surface area contributed by atoms with Crippen molar-refractivity contribution in [3.63, 3.8) is 0 Å². The third kappa shape index (κ3) is 7.72. The van der Waals surface area contributed by atoms with Crippen LogP contribution in [0.3, 0.4) is 0 Å². The smallest absolute Gasteiger partial charge is 0.418 e. The van der Waals surface area contributed by atoms with E-state index in [2.05, 4.69) is 10.3 Å². The van der Waals surface area contributed by atoms with Crippen LogP contribution in [0.5, 0.6) is 0 Å². The SMILES string of the molecule is Cc1ccc(-c2csc(N(Cc3ccc(C(=O)NCCC(=O)O)cc3)c3ccc(C(F)(F)F)cc3C(F)(F)F)n2)c(C)c1. The van der Waals surface area contributed by atoms with Crippen molar-refractivity contribution in [2.45, 2.75) is 39.2 Å². The standard InChI is InChI=1S/C30H25F6N3O3S/c1-17-3-9-22(18(2)13-17)24-16-43-28(38-24)39(25-10-8-21(29(31,32)33)14-23(25)30(34,35)36)15-19-4-6-20(7-5-19)27(42)37-12-11-26(40)41/h3-10,13-14,16H,11-12,15H2,1-2H3,(H,37,42)(H,40,41). The average molecular weight is 622 g/mol. The Hall–Kier alpha value is -4.39. The molecule has 0 saturated carbocycles. The normalized spacial score (nSPS) is 11.8. The van der Waals surface area contributed by atoms with Gasteiger partial charge in [-0.3, -0.25) is 9.59 Å². The van der Waals surface area contributed by atoms with E-state index < -0.39 is 41.0 Å². The molecule has 0 aliphatic heterocycles. The van der Waals surface area contributed by atoms with Gasteiger partial charge in [0.05, 0.1) is 35.5 Å². The minimum absolute atomic E-state index is 0.0888. The number of aromatic nitrogens is 1. The van der Waals surface area contributed by atoms with E-state index in [-0.39, 0.29) is 36.3 Å². The zero-order chi connectivity index (χ0) is 31.5. The average Bonchev–Trinajstić information content (AvgIpc) is 3.40. The summed E-state index contributed by atoms with van der Waals surface area (Å²) >= 11 is 1.04. The van der Waals surface area contributed by atoms with Crippen LogP contribution in [0.25, 0.3) is 11.3 Å². The van der Waals surface area contributed by atoms with Crippen molar-refractivity contribution in [2.24, 2.45) is 0 Å². The first-order valence-electron chi connectivity index (χ1n) is 12.8. The fraction of sp³-hybridized carbons (Fsp3) is 0.233. The van der Waals surface area contributed by atoms with Crippen LogP contribution in [-0.4, -0.2) is 28.5 Å². The number of rotatable bonds is 9. The van der Waals surface area contributed by atoms with Crippen LogP contribution in [0, 0.1) is 13.8 Å². The number of benzene rings is 3. The predicted molar refractivity (Wildman–Crippen MR) is 150 cm³/mol. The Morgan fingerprint density at radius 3 is 2.23 bits per heavy atom. The Labute approximate surface area is 246 Å². The third-order valence-corrected chi connectivity index (χ3v) is 7.35. The monoisotopic (exact) mass is 621 g/mol. The first kappa shape index (κ1) is 31.5. The molecule has 1 aromatic heterocycles. The number of halogens is 6. The highest BCUT2D eigenvalue weighted by molar-refractivity contribution is 7.14. The van der Waals surface area contributed by atoms with Crippen LogP contribution in [0.4, 0.5) is 37.2 Å². The lowest BCUT2D eigenvalue weighted by Gasteiger charge is -2.26. The summed E-state index contributed by atoms with van der Waals surface area (Å²) in [5, 5.41) is 13.0. The molecule has 6 nitrogen and oxygen atoms in total. The molecule has 2 N–H and O–H groups in total. The molecule has 0 unspecified atom stereocenters. The second-order valence-corrected chi connectivity index (χ2v) is 10.6. The van der Waals surface area contributed by atoms with E-state index in [1.165, 1.54) is 29.2 Å². The molecule has 0 fully saturated rings. The summed E-state index contributed by atoms with van der Waals surface area (Å²) in [5.74, 6) is -1.62. The van der Waals surface area contributed by atoms with E-state index in [1.54, 1.807) is 5.38 Å². The molecule has 43 heavy (non-hydrogen) atoms. The van der Waals surface area contributed by atoms with Crippen molar-refractivity contribution in [3.8, 4) is 11.3 Å². The van der Waals surface area contributed by atoms with Gasteiger partial charge in [0, 0.05) is 23.1 Å². The summed E-state index contributed by atoms with van der Waals surface area (Å²) in [6, 6.07) is 12.9. The largest absolute Gasteiger partial charge is 0.481 e. The Balaban J connectivity index is 1.75. The summed E-state index contributed by atoms with van der Waals surface area (Å²) < 4.78 is 82.7. The number of hydrogen-bond acceptors (Lipinski definition) is 5. The molecule has 0 saturated heterocycles. The van der Waals surface area contributed by atoms with E-state index in [0.29, 0.717) is 17.3 Å². The summed E-state index contributed by atoms with van der Waals surface area (Å²) in [7, 11) is 0. The summed E-state index contributed by atoms with van der Waals surface area (Å²) in [6.07, 6.45) is -10.4. The summed E-state index contributed by atoms with van der Waals surface area (Å²) in [6.45, 7) is 3.48. The molecule has 0 radical (unpaired) electrons. The number of thiazole rings is 1. The highest BCUT2D eigenvalue weighted by Gasteiger charge is 2.40. The van der Waals surface area contributed by atoms with E-state index in [0.717, 1.165) is 34.1 Å². The number of nitrogens with zero attached hydrogens (tertiary/aromatic N) is 2. The number of hydrogen-bond donors (Lipinski definition) is 2. The Morgan fingerprint density at radius 2 is 1.63 bits per heavy atom. The number of aliphatic carboxylic acids is 1. The van der Waals surface area contributed by atoms with Gasteiger partial charge in [-0.2, -0.15) is 26.3 Å². The zero-order valence-corrected chi connectivity index (χ0v) is 23.6. The van der Waals surface area contributed by atoms with Gasteiger partial charge in [-0.15, -0.1) is 11.3 Å². The molecule has 226 valence electrons. The number of aryl methyl sites for hydroxylation is 2. The maximum atomic E-state index is 14.2. The highest BCUT2D eigenvalue weighted by atomic mass is 32.1. The van der Waals surface area contributed by atoms with E-state index >= 15 is 0 Å². The lowest BCUT2D eigenvalue weighted by molar-refractivity contribution is -0.143. The maximum Gasteiger partial charge on any atom is 0.418 e. The van der Waals surface area contributed by atoms with Crippen molar-refractivity contribution in [2.75, 3.05) is 11.4 Å². The van der Waals surface area contributed by atoms with E-state index in [9.17, 15) is 35.9 Å². The molecule has 1 amide bonds. The number of carboxylic acid groups (broad SMARTS) is 1. The summed E-state index contributed by atoms with van der Waals surface area (Å²) in [4.78, 5) is 28.8. The molecule has 0 spiro atoms. The lowest BCUT2D eigenvalue weighted by atomic mass is 10.0. The number of alkyl halides is 6. The van der Waals surface area contributed by atoms with Crippen LogP contribution in [-0.2, 0) is 23.7 Å². The van der Waals surface area contributed by atoms with Crippen LogP contribution in [0.15, 0.2) is 66.0 Å². The van der Waals surface area contributed by atoms with Gasteiger partial charge in [0.15, 0.2) is 5.13 Å². The van der Waals surface area contributed by atoms with Crippen LogP contribution < -0.4 is 10.2 Å². The molecular weight excluding hydrogens is 596 g/mol. The number of carboxylic acids is 1. The molecule has 0 atom stereocenters. The van der Waals surface area contributed by atoms with E-state index in [1.807, 2.05) is 32.0 Å². The van der Waals surface area contributed by atoms with Gasteiger partial charge >= 0.3 is 18.3 Å². The van der Waals surface area contributed by atoms with Crippen molar-refractivity contribution in [1.29, 1.82) is 0 Å². The predicted octanol–water partition coefficient (Wildman–Crippen LogP) is 8.01. The molecule has 13 heteroatoms. The van der Waals surface area contributed by atoms with Crippen molar-refractivity contribution >= 4 is 34.0 Å². The van der Waals surface area contributed by atoms with Crippen LogP contribution >= 0.6 is 11.3 Å². The zero-order valence-electron chi connectivity index (χ0n) is 22.8. The topological polar surface area (TPSA) is 82.5 Å². The Kier molecular flexibility index (Phi) is 9.14. The van der Waals surface area contributed by atoms with Gasteiger partial charge in [-0.25, -0.2) is 4.98 Å². The van der Waals surface area contributed by atoms with Gasteiger partial charge in [-0.05, 0) is 55.3 Å². The molecule has 0 aliphatic carbocycles. The first-order valence-corrected chi connectivity index (χ1v) is 13.7. The molecule has 0 bridgehead atoms. The van der Waals surface area contributed by atoms with Gasteiger partial charge in [0.25, 0.3) is 5.91 Å². The second-order valence-electron chi connectivity index (χ2n) is 9.74. The van der Waals surface area contributed by atoms with Crippen LogP contribution in [0.1, 0.15) is 44.6 Å². The fourth-order valence-corrected chi connectivity index (χ4v) is 5.21. The highest BCUT2D eigenvalue weighted by Crippen LogP contribution is 2.44. The van der Waals surface area contributed by atoms with Crippen molar-refractivity contribution < 1.29 is 41.0 Å². The Bertz CT molecular complexity index is 1630. The Morgan fingerprint density at radius 1 is 0.930 bits per heavy atom. The lowest BCUT2D eigenvalue weighted by Crippen LogP contribution is -2.26. The van der Waals surface area contributed by atoms with Gasteiger partial charge < -0.3 is 15.3 Å². The quantitative estimate of drug-likeness (QED) is 0.185. The van der Waals surface area contributed by atoms with Crippen LogP contribution in [0.2, 0.25) is 0 Å². The minimum atomic E-state index is -5.11. The van der Waals surface area contributed by atoms with Crippen molar-refractivity contribution in [3.05, 3.63) is 99.4 Å². The minimum Gasteiger partial charge on any atom is -0.481 e. The third-order valence-electron chi connectivity index (χ3n) is 6.48. The fourth-order valence-electron chi connectivity index (χ4n) is 4.37. The molecule has 1 heterocycles. The molecule has 0 aliphatic rings. The van der Waals surface area contributed by atoms with Gasteiger partial charge in [-0.1, -0.05) is 35.9 Å². The molecular formula is C30H25F6N3O3S. The molecule has 4 aromatic rings. The maximum absolute atomic E-state index is 14.2.